The third kappa shape index (κ3) is 3.92. The largest absolute Gasteiger partial charge is 0.508 e. The van der Waals surface area contributed by atoms with E-state index in [0.717, 1.165) is 18.3 Å². The minimum absolute atomic E-state index is 0.254. The summed E-state index contributed by atoms with van der Waals surface area (Å²) >= 11 is 0. The van der Waals surface area contributed by atoms with Crippen LogP contribution in [-0.4, -0.2) is 15.8 Å². The first-order valence-corrected chi connectivity index (χ1v) is 11.9. The van der Waals surface area contributed by atoms with Gasteiger partial charge in [0.25, 0.3) is 0 Å². The van der Waals surface area contributed by atoms with Crippen molar-refractivity contribution in [3.8, 4) is 30.4 Å². The molecule has 31 heavy (non-hydrogen) atoms. The minimum atomic E-state index is -1.09. The number of aromatic hydroxyl groups is 1. The Morgan fingerprint density at radius 2 is 1.94 bits per heavy atom. The van der Waals surface area contributed by atoms with Gasteiger partial charge in [0.05, 0.1) is 0 Å². The van der Waals surface area contributed by atoms with Crippen molar-refractivity contribution >= 4 is 0 Å². The Morgan fingerprint density at radius 1 is 1.19 bits per heavy atom. The van der Waals surface area contributed by atoms with Crippen molar-refractivity contribution in [2.45, 2.75) is 76.7 Å². The second-order valence-corrected chi connectivity index (χ2v) is 10.6. The van der Waals surface area contributed by atoms with E-state index in [0.29, 0.717) is 28.9 Å². The smallest absolute Gasteiger partial charge is 0.115 e. The SMILES string of the molecule is C#CCC(O)(/C=C/[C@@H](C)[C@H]1CC[C@H]2[C@@H]3CCc4cc(O)ccc4[C@H]3CC[C@]12C)CC#C. The number of terminal acetylenes is 2. The summed E-state index contributed by atoms with van der Waals surface area (Å²) in [5.74, 6) is 8.69. The summed E-state index contributed by atoms with van der Waals surface area (Å²) in [6.07, 6.45) is 22.8. The summed E-state index contributed by atoms with van der Waals surface area (Å²) in [5.41, 5.74) is 2.10. The fourth-order valence-electron chi connectivity index (χ4n) is 7.47. The van der Waals surface area contributed by atoms with Crippen LogP contribution in [0.3, 0.4) is 0 Å². The molecule has 2 N–H and O–H groups in total. The molecular weight excluding hydrogens is 380 g/mol. The van der Waals surface area contributed by atoms with E-state index in [1.807, 2.05) is 18.2 Å². The zero-order chi connectivity index (χ0) is 22.2. The van der Waals surface area contributed by atoms with Crippen molar-refractivity contribution in [3.63, 3.8) is 0 Å². The fraction of sp³-hybridized carbons (Fsp3) is 0.586. The highest BCUT2D eigenvalue weighted by Crippen LogP contribution is 2.64. The van der Waals surface area contributed by atoms with Crippen LogP contribution in [0, 0.1) is 53.8 Å². The van der Waals surface area contributed by atoms with Crippen LogP contribution in [-0.2, 0) is 6.42 Å². The van der Waals surface area contributed by atoms with Gasteiger partial charge >= 0.3 is 0 Å². The lowest BCUT2D eigenvalue weighted by molar-refractivity contribution is 0.0174. The number of fused-ring (bicyclic) bond motifs is 5. The Hall–Kier alpha value is -2.16. The summed E-state index contributed by atoms with van der Waals surface area (Å²) in [5, 5.41) is 20.7. The number of aryl methyl sites for hydroxylation is 1. The summed E-state index contributed by atoms with van der Waals surface area (Å²) in [6.45, 7) is 4.82. The summed E-state index contributed by atoms with van der Waals surface area (Å²) in [7, 11) is 0. The van der Waals surface area contributed by atoms with Gasteiger partial charge in [0, 0.05) is 12.8 Å². The van der Waals surface area contributed by atoms with Gasteiger partial charge in [-0.15, -0.1) is 24.7 Å². The molecule has 3 aliphatic rings. The molecule has 164 valence electrons. The highest BCUT2D eigenvalue weighted by Gasteiger charge is 2.55. The molecule has 3 aliphatic carbocycles. The van der Waals surface area contributed by atoms with E-state index in [9.17, 15) is 10.2 Å². The van der Waals surface area contributed by atoms with Gasteiger partial charge in [0.2, 0.25) is 0 Å². The molecule has 0 aliphatic heterocycles. The number of hydrogen-bond acceptors (Lipinski definition) is 2. The van der Waals surface area contributed by atoms with Gasteiger partial charge in [-0.25, -0.2) is 0 Å². The molecule has 1 aromatic rings. The summed E-state index contributed by atoms with van der Waals surface area (Å²) in [6, 6.07) is 6.03. The van der Waals surface area contributed by atoms with E-state index < -0.39 is 5.60 Å². The van der Waals surface area contributed by atoms with Crippen LogP contribution in [0.4, 0.5) is 0 Å². The molecule has 0 amide bonds. The first kappa shape index (κ1) is 22.0. The van der Waals surface area contributed by atoms with E-state index in [1.54, 1.807) is 0 Å². The number of rotatable bonds is 5. The Kier molecular flexibility index (Phi) is 5.98. The van der Waals surface area contributed by atoms with Gasteiger partial charge in [-0.2, -0.15) is 0 Å². The molecule has 2 heteroatoms. The molecule has 4 rings (SSSR count). The van der Waals surface area contributed by atoms with Crippen molar-refractivity contribution in [2.75, 3.05) is 0 Å². The lowest BCUT2D eigenvalue weighted by Crippen LogP contribution is -2.43. The molecule has 0 unspecified atom stereocenters. The van der Waals surface area contributed by atoms with Gasteiger partial charge in [-0.05, 0) is 96.8 Å². The number of hydrogen-bond donors (Lipinski definition) is 2. The van der Waals surface area contributed by atoms with E-state index in [-0.39, 0.29) is 12.8 Å². The number of aliphatic hydroxyl groups is 1. The fourth-order valence-corrected chi connectivity index (χ4v) is 7.47. The lowest BCUT2D eigenvalue weighted by Gasteiger charge is -2.52. The molecule has 0 bridgehead atoms. The monoisotopic (exact) mass is 416 g/mol. The van der Waals surface area contributed by atoms with Gasteiger partial charge in [-0.1, -0.05) is 32.1 Å². The second-order valence-electron chi connectivity index (χ2n) is 10.6. The topological polar surface area (TPSA) is 40.5 Å². The van der Waals surface area contributed by atoms with Gasteiger partial charge in [0.15, 0.2) is 0 Å². The van der Waals surface area contributed by atoms with E-state index in [4.69, 9.17) is 12.8 Å². The molecule has 2 nitrogen and oxygen atoms in total. The predicted octanol–water partition coefficient (Wildman–Crippen LogP) is 5.83. The molecule has 0 spiro atoms. The Bertz CT molecular complexity index is 913. The first-order valence-electron chi connectivity index (χ1n) is 11.9. The molecule has 0 radical (unpaired) electrons. The average molecular weight is 417 g/mol. The maximum atomic E-state index is 10.8. The van der Waals surface area contributed by atoms with Crippen molar-refractivity contribution in [1.82, 2.24) is 0 Å². The van der Waals surface area contributed by atoms with Crippen LogP contribution < -0.4 is 0 Å². The summed E-state index contributed by atoms with van der Waals surface area (Å²) in [4.78, 5) is 0. The van der Waals surface area contributed by atoms with Crippen molar-refractivity contribution in [3.05, 3.63) is 41.5 Å². The highest BCUT2D eigenvalue weighted by molar-refractivity contribution is 5.40. The maximum absolute atomic E-state index is 10.8. The quantitative estimate of drug-likeness (QED) is 0.468. The molecule has 0 saturated heterocycles. The number of phenols is 1. The van der Waals surface area contributed by atoms with Crippen LogP contribution in [0.2, 0.25) is 0 Å². The van der Waals surface area contributed by atoms with Crippen LogP contribution in [0.25, 0.3) is 0 Å². The Balaban J connectivity index is 1.52. The first-order chi connectivity index (χ1) is 14.8. The summed E-state index contributed by atoms with van der Waals surface area (Å²) < 4.78 is 0. The number of benzene rings is 1. The van der Waals surface area contributed by atoms with Gasteiger partial charge in [-0.3, -0.25) is 0 Å². The Morgan fingerprint density at radius 3 is 2.65 bits per heavy atom. The molecule has 6 atom stereocenters. The van der Waals surface area contributed by atoms with Gasteiger partial charge < -0.3 is 10.2 Å². The molecular formula is C29H36O2. The zero-order valence-electron chi connectivity index (χ0n) is 19.0. The van der Waals surface area contributed by atoms with Gasteiger partial charge in [0.1, 0.15) is 11.4 Å². The van der Waals surface area contributed by atoms with E-state index in [1.165, 1.54) is 43.2 Å². The minimum Gasteiger partial charge on any atom is -0.508 e. The number of allylic oxidation sites excluding steroid dienone is 1. The van der Waals surface area contributed by atoms with E-state index >= 15 is 0 Å². The second kappa shape index (κ2) is 8.41. The molecule has 2 saturated carbocycles. The lowest BCUT2D eigenvalue weighted by atomic mass is 9.53. The maximum Gasteiger partial charge on any atom is 0.115 e. The zero-order valence-corrected chi connectivity index (χ0v) is 19.0. The van der Waals surface area contributed by atoms with E-state index in [2.05, 4.69) is 37.8 Å². The molecule has 0 heterocycles. The third-order valence-corrected chi connectivity index (χ3v) is 8.94. The average Bonchev–Trinajstić information content (AvgIpc) is 3.09. The van der Waals surface area contributed by atoms with Crippen LogP contribution in [0.15, 0.2) is 30.4 Å². The van der Waals surface area contributed by atoms with Crippen molar-refractivity contribution in [1.29, 1.82) is 0 Å². The molecule has 1 aromatic carbocycles. The Labute approximate surface area is 188 Å². The number of phenolic OH excluding ortho intramolecular Hbond substituents is 1. The molecule has 0 aromatic heterocycles. The van der Waals surface area contributed by atoms with Crippen molar-refractivity contribution < 1.29 is 10.2 Å². The predicted molar refractivity (Wildman–Crippen MR) is 126 cm³/mol. The standard InChI is InChI=1S/C29H36O2/c1-5-15-29(31,16-6-2)18-13-20(3)26-11-12-27-25-9-7-21-19-22(30)8-10-23(21)24(25)14-17-28(26,27)4/h1-2,8,10,13,18-20,24-27,30-31H,7,9,11-12,14-17H2,3-4H3/b18-13+/t20-,24-,25-,26-,27+,28-/m1/s1. The third-order valence-electron chi connectivity index (χ3n) is 8.94. The normalized spacial score (nSPS) is 33.1. The van der Waals surface area contributed by atoms with Crippen LogP contribution in [0.5, 0.6) is 5.75 Å². The molecule has 2 fully saturated rings. The van der Waals surface area contributed by atoms with Crippen molar-refractivity contribution in [2.24, 2.45) is 29.1 Å². The van der Waals surface area contributed by atoms with Crippen LogP contribution in [0.1, 0.15) is 75.8 Å². The highest BCUT2D eigenvalue weighted by atomic mass is 16.3. The van der Waals surface area contributed by atoms with Crippen LogP contribution >= 0.6 is 0 Å².